The summed E-state index contributed by atoms with van der Waals surface area (Å²) in [4.78, 5) is 20.2. The number of rotatable bonds is 3. The van der Waals surface area contributed by atoms with Crippen LogP contribution < -0.4 is 0 Å². The molecule has 2 heterocycles. The smallest absolute Gasteiger partial charge is 0.263 e. The molecule has 2 aliphatic rings. The SMILES string of the molecule is Cc1ccc(CN2OCCC(N3CCC[C@@H](F)C3)C2=O)cc1.Oc1ccccc1. The van der Waals surface area contributed by atoms with Gasteiger partial charge in [-0.3, -0.25) is 14.5 Å². The number of hydrogen-bond acceptors (Lipinski definition) is 4. The molecule has 2 aliphatic heterocycles. The van der Waals surface area contributed by atoms with Crippen molar-refractivity contribution in [3.05, 3.63) is 65.7 Å². The highest BCUT2D eigenvalue weighted by atomic mass is 19.1. The van der Waals surface area contributed by atoms with E-state index in [0.717, 1.165) is 18.5 Å². The molecule has 0 bridgehead atoms. The van der Waals surface area contributed by atoms with E-state index in [9.17, 15) is 9.18 Å². The highest BCUT2D eigenvalue weighted by Crippen LogP contribution is 2.22. The molecule has 5 nitrogen and oxygen atoms in total. The Bertz CT molecular complexity index is 769. The summed E-state index contributed by atoms with van der Waals surface area (Å²) in [6.07, 6.45) is 1.27. The number of phenolic OH excluding ortho intramolecular Hbond substituents is 1. The van der Waals surface area contributed by atoms with Crippen LogP contribution in [-0.4, -0.2) is 52.9 Å². The van der Waals surface area contributed by atoms with Gasteiger partial charge in [0.1, 0.15) is 11.9 Å². The first kappa shape index (κ1) is 21.3. The summed E-state index contributed by atoms with van der Waals surface area (Å²) in [5.74, 6) is 0.281. The lowest BCUT2D eigenvalue weighted by Crippen LogP contribution is -2.55. The zero-order valence-electron chi connectivity index (χ0n) is 16.8. The van der Waals surface area contributed by atoms with Crippen molar-refractivity contribution in [2.24, 2.45) is 0 Å². The summed E-state index contributed by atoms with van der Waals surface area (Å²) < 4.78 is 13.6. The quantitative estimate of drug-likeness (QED) is 0.850. The van der Waals surface area contributed by atoms with E-state index in [1.165, 1.54) is 10.6 Å². The Labute approximate surface area is 171 Å². The zero-order valence-corrected chi connectivity index (χ0v) is 16.8. The summed E-state index contributed by atoms with van der Waals surface area (Å²) in [7, 11) is 0. The molecule has 1 unspecified atom stereocenters. The van der Waals surface area contributed by atoms with Crippen LogP contribution in [0.1, 0.15) is 30.4 Å². The maximum Gasteiger partial charge on any atom is 0.263 e. The Morgan fingerprint density at radius 1 is 1.10 bits per heavy atom. The van der Waals surface area contributed by atoms with E-state index >= 15 is 0 Å². The van der Waals surface area contributed by atoms with Crippen molar-refractivity contribution in [1.82, 2.24) is 9.96 Å². The van der Waals surface area contributed by atoms with E-state index < -0.39 is 6.17 Å². The van der Waals surface area contributed by atoms with Gasteiger partial charge < -0.3 is 5.11 Å². The van der Waals surface area contributed by atoms with Gasteiger partial charge in [0, 0.05) is 6.54 Å². The van der Waals surface area contributed by atoms with Crippen LogP contribution in [-0.2, 0) is 16.2 Å². The van der Waals surface area contributed by atoms with Crippen molar-refractivity contribution in [2.45, 2.75) is 44.9 Å². The van der Waals surface area contributed by atoms with Crippen LogP contribution in [0.15, 0.2) is 54.6 Å². The van der Waals surface area contributed by atoms with E-state index in [1.807, 2.05) is 42.2 Å². The number of piperidine rings is 1. The Morgan fingerprint density at radius 2 is 1.83 bits per heavy atom. The van der Waals surface area contributed by atoms with Gasteiger partial charge in [-0.2, -0.15) is 0 Å². The number of amides is 1. The van der Waals surface area contributed by atoms with Crippen LogP contribution in [0.4, 0.5) is 4.39 Å². The lowest BCUT2D eigenvalue weighted by atomic mass is 10.0. The number of para-hydroxylation sites is 1. The molecule has 4 rings (SSSR count). The topological polar surface area (TPSA) is 53.0 Å². The fourth-order valence-corrected chi connectivity index (χ4v) is 3.61. The summed E-state index contributed by atoms with van der Waals surface area (Å²) >= 11 is 0. The first-order chi connectivity index (χ1) is 14.0. The van der Waals surface area contributed by atoms with Gasteiger partial charge in [-0.1, -0.05) is 48.0 Å². The first-order valence-corrected chi connectivity index (χ1v) is 10.1. The van der Waals surface area contributed by atoms with Crippen molar-refractivity contribution < 1.29 is 19.1 Å². The number of carbonyl (C=O) groups excluding carboxylic acids is 1. The van der Waals surface area contributed by atoms with Gasteiger partial charge in [0.25, 0.3) is 5.91 Å². The number of aromatic hydroxyl groups is 1. The van der Waals surface area contributed by atoms with Crippen LogP contribution in [0.25, 0.3) is 0 Å². The maximum absolute atomic E-state index is 13.6. The van der Waals surface area contributed by atoms with Crippen LogP contribution in [0.5, 0.6) is 5.75 Å². The molecule has 6 heteroatoms. The Morgan fingerprint density at radius 3 is 2.45 bits per heavy atom. The molecular formula is C23H29FN2O3. The minimum Gasteiger partial charge on any atom is -0.508 e. The summed E-state index contributed by atoms with van der Waals surface area (Å²) in [5.41, 5.74) is 2.23. The van der Waals surface area contributed by atoms with Crippen LogP contribution in [0.2, 0.25) is 0 Å². The molecule has 2 aromatic carbocycles. The number of phenols is 1. The lowest BCUT2D eigenvalue weighted by Gasteiger charge is -2.40. The number of halogens is 1. The Hall–Kier alpha value is -2.44. The average molecular weight is 400 g/mol. The van der Waals surface area contributed by atoms with Crippen LogP contribution in [0, 0.1) is 6.92 Å². The van der Waals surface area contributed by atoms with Gasteiger partial charge in [-0.15, -0.1) is 0 Å². The molecule has 2 aromatic rings. The molecule has 1 N–H and O–H groups in total. The van der Waals surface area contributed by atoms with E-state index in [-0.39, 0.29) is 11.9 Å². The number of likely N-dealkylation sites (tertiary alicyclic amines) is 1. The number of carbonyl (C=O) groups is 1. The van der Waals surface area contributed by atoms with E-state index in [0.29, 0.717) is 38.3 Å². The second kappa shape index (κ2) is 10.4. The average Bonchev–Trinajstić information content (AvgIpc) is 2.72. The lowest BCUT2D eigenvalue weighted by molar-refractivity contribution is -0.212. The molecule has 0 spiro atoms. The number of aryl methyl sites for hydroxylation is 1. The minimum atomic E-state index is -0.810. The molecule has 0 radical (unpaired) electrons. The summed E-state index contributed by atoms with van der Waals surface area (Å²) in [5, 5.41) is 10.1. The Kier molecular flexibility index (Phi) is 7.61. The highest BCUT2D eigenvalue weighted by molar-refractivity contribution is 5.81. The van der Waals surface area contributed by atoms with Gasteiger partial charge in [-0.25, -0.2) is 9.45 Å². The fraction of sp³-hybridized carbons (Fsp3) is 0.435. The van der Waals surface area contributed by atoms with Gasteiger partial charge in [0.15, 0.2) is 0 Å². The first-order valence-electron chi connectivity index (χ1n) is 10.1. The predicted octanol–water partition coefficient (Wildman–Crippen LogP) is 3.85. The number of hydrogen-bond donors (Lipinski definition) is 1. The van der Waals surface area contributed by atoms with E-state index in [4.69, 9.17) is 9.94 Å². The van der Waals surface area contributed by atoms with E-state index in [2.05, 4.69) is 0 Å². The van der Waals surface area contributed by atoms with Crippen LogP contribution >= 0.6 is 0 Å². The molecule has 0 aromatic heterocycles. The second-order valence-electron chi connectivity index (χ2n) is 7.57. The molecule has 29 heavy (non-hydrogen) atoms. The van der Waals surface area contributed by atoms with E-state index in [1.54, 1.807) is 24.3 Å². The summed E-state index contributed by atoms with van der Waals surface area (Å²) in [6.45, 7) is 4.16. The number of hydroxylamine groups is 2. The standard InChI is InChI=1S/C17H23FN2O2.C6H6O/c1-13-4-6-14(7-5-13)11-20-17(21)16(8-10-22-20)19-9-2-3-15(18)12-19;7-6-4-2-1-3-5-6/h4-7,15-16H,2-3,8-12H2,1H3;1-5,7H/t15-,16?;/m1./s1. The van der Waals surface area contributed by atoms with Crippen molar-refractivity contribution in [2.75, 3.05) is 19.7 Å². The molecule has 0 aliphatic carbocycles. The molecule has 2 atom stereocenters. The fourth-order valence-electron chi connectivity index (χ4n) is 3.61. The molecule has 0 saturated carbocycles. The van der Waals surface area contributed by atoms with Crippen molar-refractivity contribution >= 4 is 5.91 Å². The number of nitrogens with zero attached hydrogens (tertiary/aromatic N) is 2. The largest absolute Gasteiger partial charge is 0.508 e. The van der Waals surface area contributed by atoms with Crippen molar-refractivity contribution in [3.8, 4) is 5.75 Å². The summed E-state index contributed by atoms with van der Waals surface area (Å²) in [6, 6.07) is 16.5. The predicted molar refractivity (Wildman–Crippen MR) is 110 cm³/mol. The molecular weight excluding hydrogens is 371 g/mol. The molecule has 2 fully saturated rings. The van der Waals surface area contributed by atoms with Crippen LogP contribution in [0.3, 0.4) is 0 Å². The molecule has 2 saturated heterocycles. The van der Waals surface area contributed by atoms with Gasteiger partial charge in [-0.05, 0) is 50.4 Å². The minimum absolute atomic E-state index is 0.0408. The third-order valence-electron chi connectivity index (χ3n) is 5.21. The maximum atomic E-state index is 13.6. The zero-order chi connectivity index (χ0) is 20.6. The normalized spacial score (nSPS) is 22.7. The second-order valence-corrected chi connectivity index (χ2v) is 7.57. The van der Waals surface area contributed by atoms with Crippen molar-refractivity contribution in [3.63, 3.8) is 0 Å². The molecule has 1 amide bonds. The monoisotopic (exact) mass is 400 g/mol. The number of alkyl halides is 1. The molecule has 156 valence electrons. The van der Waals surface area contributed by atoms with Crippen molar-refractivity contribution in [1.29, 1.82) is 0 Å². The van der Waals surface area contributed by atoms with Gasteiger partial charge in [0.05, 0.1) is 19.2 Å². The third kappa shape index (κ3) is 6.27. The van der Waals surface area contributed by atoms with Gasteiger partial charge >= 0.3 is 0 Å². The van der Waals surface area contributed by atoms with Gasteiger partial charge in [0.2, 0.25) is 0 Å². The Balaban J connectivity index is 0.000000290. The third-order valence-corrected chi connectivity index (χ3v) is 5.21. The highest BCUT2D eigenvalue weighted by Gasteiger charge is 2.36. The number of benzene rings is 2.